The third-order valence-electron chi connectivity index (χ3n) is 4.21. The third-order valence-corrected chi connectivity index (χ3v) is 4.21. The molecule has 3 rings (SSSR count). The summed E-state index contributed by atoms with van der Waals surface area (Å²) >= 11 is 0. The fraction of sp³-hybridized carbons (Fsp3) is 0.130. The lowest BCUT2D eigenvalue weighted by atomic mass is 10.0. The molecule has 3 aromatic rings. The largest absolute Gasteiger partial charge is 0.465 e. The summed E-state index contributed by atoms with van der Waals surface area (Å²) < 4.78 is 9.88. The topological polar surface area (TPSA) is 96.9 Å². The molecule has 0 heterocycles. The van der Waals surface area contributed by atoms with Crippen molar-refractivity contribution >= 4 is 34.7 Å². The minimum atomic E-state index is -0.730. The standard InChI is InChI=1S/C23H22N2O5/c1-29-22(27)18-14-20(24-16-8-4-2-5-9-16)21(25-17-10-6-3-7-11-17)15-19(18)23(28)30-13-12-26/h2-11,14-15,24-26H,12-13H2,1H3. The van der Waals surface area contributed by atoms with Gasteiger partial charge in [-0.3, -0.25) is 0 Å². The number of anilines is 4. The van der Waals surface area contributed by atoms with Gasteiger partial charge < -0.3 is 25.2 Å². The van der Waals surface area contributed by atoms with E-state index in [0.717, 1.165) is 11.4 Å². The number of aliphatic hydroxyl groups excluding tert-OH is 1. The van der Waals surface area contributed by atoms with Crippen LogP contribution in [0, 0.1) is 0 Å². The molecule has 0 aliphatic rings. The number of hydrogen-bond donors (Lipinski definition) is 3. The minimum absolute atomic E-state index is 0.0346. The van der Waals surface area contributed by atoms with Crippen LogP contribution in [0.1, 0.15) is 20.7 Å². The number of methoxy groups -OCH3 is 1. The quantitative estimate of drug-likeness (QED) is 0.484. The van der Waals surface area contributed by atoms with Gasteiger partial charge in [-0.15, -0.1) is 0 Å². The van der Waals surface area contributed by atoms with Crippen LogP contribution in [0.3, 0.4) is 0 Å². The summed E-state index contributed by atoms with van der Waals surface area (Å²) in [6.45, 7) is -0.493. The average Bonchev–Trinajstić information content (AvgIpc) is 2.79. The number of ether oxygens (including phenoxy) is 2. The molecule has 3 aromatic carbocycles. The van der Waals surface area contributed by atoms with Gasteiger partial charge in [0.1, 0.15) is 6.61 Å². The van der Waals surface area contributed by atoms with E-state index in [9.17, 15) is 9.59 Å². The second-order valence-electron chi connectivity index (χ2n) is 6.28. The lowest BCUT2D eigenvalue weighted by Crippen LogP contribution is -2.16. The summed E-state index contributed by atoms with van der Waals surface area (Å²) in [5.41, 5.74) is 2.83. The van der Waals surface area contributed by atoms with Crippen molar-refractivity contribution in [3.63, 3.8) is 0 Å². The highest BCUT2D eigenvalue weighted by molar-refractivity contribution is 6.06. The van der Waals surface area contributed by atoms with Crippen molar-refractivity contribution in [3.8, 4) is 0 Å². The SMILES string of the molecule is COC(=O)c1cc(Nc2ccccc2)c(Nc2ccccc2)cc1C(=O)OCCO. The Hall–Kier alpha value is -3.84. The molecule has 7 nitrogen and oxygen atoms in total. The number of para-hydroxylation sites is 2. The summed E-state index contributed by atoms with van der Waals surface area (Å²) in [6.07, 6.45) is 0. The zero-order chi connectivity index (χ0) is 21.3. The number of nitrogens with one attached hydrogen (secondary N) is 2. The Kier molecular flexibility index (Phi) is 7.02. The van der Waals surface area contributed by atoms with Gasteiger partial charge in [-0.25, -0.2) is 9.59 Å². The number of benzene rings is 3. The second kappa shape index (κ2) is 10.1. The highest BCUT2D eigenvalue weighted by atomic mass is 16.5. The van der Waals surface area contributed by atoms with Crippen LogP contribution in [-0.4, -0.2) is 37.4 Å². The first-order valence-corrected chi connectivity index (χ1v) is 9.31. The van der Waals surface area contributed by atoms with Crippen LogP contribution in [0.5, 0.6) is 0 Å². The van der Waals surface area contributed by atoms with Crippen molar-refractivity contribution in [1.82, 2.24) is 0 Å². The molecule has 0 radical (unpaired) electrons. The molecule has 0 fully saturated rings. The van der Waals surface area contributed by atoms with Crippen LogP contribution in [0.2, 0.25) is 0 Å². The summed E-state index contributed by atoms with van der Waals surface area (Å²) in [5.74, 6) is -1.40. The second-order valence-corrected chi connectivity index (χ2v) is 6.28. The van der Waals surface area contributed by atoms with E-state index in [1.165, 1.54) is 13.2 Å². The molecule has 0 aromatic heterocycles. The number of carbonyl (C=O) groups is 2. The monoisotopic (exact) mass is 406 g/mol. The molecule has 0 saturated carbocycles. The zero-order valence-corrected chi connectivity index (χ0v) is 16.4. The Morgan fingerprint density at radius 2 is 1.27 bits per heavy atom. The smallest absolute Gasteiger partial charge is 0.339 e. The van der Waals surface area contributed by atoms with Crippen molar-refractivity contribution < 1.29 is 24.2 Å². The first kappa shape index (κ1) is 20.9. The van der Waals surface area contributed by atoms with E-state index in [4.69, 9.17) is 14.6 Å². The van der Waals surface area contributed by atoms with Gasteiger partial charge in [0, 0.05) is 11.4 Å². The Morgan fingerprint density at radius 3 is 1.70 bits per heavy atom. The normalized spacial score (nSPS) is 10.2. The molecule has 0 aliphatic heterocycles. The first-order valence-electron chi connectivity index (χ1n) is 9.31. The van der Waals surface area contributed by atoms with Gasteiger partial charge in [0.25, 0.3) is 0 Å². The molecule has 0 saturated heterocycles. The third kappa shape index (κ3) is 5.15. The number of aliphatic hydroxyl groups is 1. The molecular formula is C23H22N2O5. The summed E-state index contributed by atoms with van der Waals surface area (Å²) in [6, 6.07) is 21.9. The van der Waals surface area contributed by atoms with Gasteiger partial charge in [-0.2, -0.15) is 0 Å². The van der Waals surface area contributed by atoms with E-state index < -0.39 is 11.9 Å². The maximum atomic E-state index is 12.5. The van der Waals surface area contributed by atoms with Gasteiger partial charge in [0.05, 0.1) is 36.2 Å². The van der Waals surface area contributed by atoms with Crippen molar-refractivity contribution in [2.45, 2.75) is 0 Å². The molecule has 0 amide bonds. The molecule has 30 heavy (non-hydrogen) atoms. The van der Waals surface area contributed by atoms with Crippen LogP contribution < -0.4 is 10.6 Å². The van der Waals surface area contributed by atoms with Crippen LogP contribution in [0.15, 0.2) is 72.8 Å². The number of hydrogen-bond acceptors (Lipinski definition) is 7. The Balaban J connectivity index is 2.09. The zero-order valence-electron chi connectivity index (χ0n) is 16.4. The van der Waals surface area contributed by atoms with Gasteiger partial charge in [-0.1, -0.05) is 36.4 Å². The molecule has 154 valence electrons. The Bertz CT molecular complexity index is 1010. The average molecular weight is 406 g/mol. The first-order chi connectivity index (χ1) is 14.6. The Morgan fingerprint density at radius 1 is 0.800 bits per heavy atom. The van der Waals surface area contributed by atoms with Gasteiger partial charge >= 0.3 is 11.9 Å². The molecule has 0 atom stereocenters. The van der Waals surface area contributed by atoms with E-state index in [2.05, 4.69) is 10.6 Å². The van der Waals surface area contributed by atoms with E-state index in [1.807, 2.05) is 60.7 Å². The summed E-state index contributed by atoms with van der Waals surface area (Å²) in [5, 5.41) is 15.5. The lowest BCUT2D eigenvalue weighted by molar-refractivity contribution is 0.0422. The highest BCUT2D eigenvalue weighted by Gasteiger charge is 2.22. The number of rotatable bonds is 8. The summed E-state index contributed by atoms with van der Waals surface area (Å²) in [7, 11) is 1.24. The van der Waals surface area contributed by atoms with E-state index in [1.54, 1.807) is 6.07 Å². The minimum Gasteiger partial charge on any atom is -0.465 e. The molecule has 3 N–H and O–H groups in total. The molecular weight excluding hydrogens is 384 g/mol. The van der Waals surface area contributed by atoms with Crippen molar-refractivity contribution in [3.05, 3.63) is 83.9 Å². The van der Waals surface area contributed by atoms with E-state index in [-0.39, 0.29) is 24.3 Å². The van der Waals surface area contributed by atoms with Crippen LogP contribution >= 0.6 is 0 Å². The van der Waals surface area contributed by atoms with Gasteiger partial charge in [0.2, 0.25) is 0 Å². The maximum Gasteiger partial charge on any atom is 0.339 e. The van der Waals surface area contributed by atoms with Crippen molar-refractivity contribution in [2.24, 2.45) is 0 Å². The van der Waals surface area contributed by atoms with E-state index in [0.29, 0.717) is 11.4 Å². The molecule has 0 unspecified atom stereocenters. The molecule has 7 heteroatoms. The van der Waals surface area contributed by atoms with Crippen LogP contribution in [0.25, 0.3) is 0 Å². The van der Waals surface area contributed by atoms with Crippen LogP contribution in [0.4, 0.5) is 22.7 Å². The number of esters is 2. The molecule has 0 spiro atoms. The predicted molar refractivity (Wildman–Crippen MR) is 115 cm³/mol. The van der Waals surface area contributed by atoms with Crippen molar-refractivity contribution in [2.75, 3.05) is 31.0 Å². The number of carbonyl (C=O) groups excluding carboxylic acids is 2. The molecule has 0 bridgehead atoms. The van der Waals surface area contributed by atoms with E-state index >= 15 is 0 Å². The lowest BCUT2D eigenvalue weighted by Gasteiger charge is -2.18. The highest BCUT2D eigenvalue weighted by Crippen LogP contribution is 2.32. The van der Waals surface area contributed by atoms with Gasteiger partial charge in [-0.05, 0) is 36.4 Å². The van der Waals surface area contributed by atoms with Gasteiger partial charge in [0.15, 0.2) is 0 Å². The maximum absolute atomic E-state index is 12.5. The van der Waals surface area contributed by atoms with Crippen molar-refractivity contribution in [1.29, 1.82) is 0 Å². The Labute approximate surface area is 174 Å². The summed E-state index contributed by atoms with van der Waals surface area (Å²) in [4.78, 5) is 24.9. The van der Waals surface area contributed by atoms with Crippen LogP contribution in [-0.2, 0) is 9.47 Å². The predicted octanol–water partition coefficient (Wildman–Crippen LogP) is 4.11. The fourth-order valence-electron chi connectivity index (χ4n) is 2.82. The fourth-order valence-corrected chi connectivity index (χ4v) is 2.82. The molecule has 0 aliphatic carbocycles.